The molecule has 6 aromatic rings. The largest absolute Gasteiger partial charge is 0.491 e. The molecule has 3 atom stereocenters. The lowest BCUT2D eigenvalue weighted by Gasteiger charge is -2.32. The molecule has 0 radical (unpaired) electrons. The van der Waals surface area contributed by atoms with Crippen LogP contribution in [0.25, 0.3) is 21.3 Å². The molecule has 0 spiro atoms. The van der Waals surface area contributed by atoms with Crippen LogP contribution in [0.5, 0.6) is 11.5 Å². The summed E-state index contributed by atoms with van der Waals surface area (Å²) in [5, 5.41) is 24.4. The van der Waals surface area contributed by atoms with E-state index in [-0.39, 0.29) is 73.8 Å². The van der Waals surface area contributed by atoms with Crippen LogP contribution in [0, 0.1) is 19.8 Å². The Morgan fingerprint density at radius 3 is 2.16 bits per heavy atom. The third kappa shape index (κ3) is 18.1. The van der Waals surface area contributed by atoms with Crippen LogP contribution in [0.2, 0.25) is 5.02 Å². The fraction of sp³-hybridized carbons (Fsp3) is 0.525. The highest BCUT2D eigenvalue weighted by Crippen LogP contribution is 2.34. The second-order valence-corrected chi connectivity index (χ2v) is 22.1. The molecule has 460 valence electrons. The number of rotatable bonds is 33. The highest BCUT2D eigenvalue weighted by molar-refractivity contribution is 7.13. The zero-order valence-electron chi connectivity index (χ0n) is 49.0. The Balaban J connectivity index is 0.646. The number of amides is 3. The molecule has 2 fully saturated rings. The number of likely N-dealkylation sites (N-methyl/N-ethyl adjacent to an activating group) is 1. The van der Waals surface area contributed by atoms with Crippen molar-refractivity contribution in [3.63, 3.8) is 0 Å². The lowest BCUT2D eigenvalue weighted by atomic mass is 9.91. The first kappa shape index (κ1) is 64.2. The number of likely N-dealkylation sites (tertiary alicyclic amines) is 1. The number of thiazole rings is 1. The Kier molecular flexibility index (Phi) is 24.2. The summed E-state index contributed by atoms with van der Waals surface area (Å²) in [6.07, 6.45) is 2.54. The Morgan fingerprint density at radius 2 is 1.53 bits per heavy atom. The number of aromatic nitrogens is 5. The molecule has 26 heteroatoms. The Labute approximate surface area is 502 Å². The lowest BCUT2D eigenvalue weighted by Crippen LogP contribution is -2.48. The van der Waals surface area contributed by atoms with Crippen LogP contribution in [-0.4, -0.2) is 183 Å². The molecule has 2 aliphatic rings. The van der Waals surface area contributed by atoms with Crippen molar-refractivity contribution >= 4 is 69.0 Å². The van der Waals surface area contributed by atoms with Gasteiger partial charge in [-0.2, -0.15) is 4.98 Å². The smallest absolute Gasteiger partial charge is 0.293 e. The highest BCUT2D eigenvalue weighted by atomic mass is 35.5. The Hall–Kier alpha value is -6.81. The summed E-state index contributed by atoms with van der Waals surface area (Å²) < 4.78 is 53.3. The van der Waals surface area contributed by atoms with E-state index in [2.05, 4.69) is 36.0 Å². The predicted octanol–water partition coefficient (Wildman–Crippen LogP) is 5.74. The quantitative estimate of drug-likeness (QED) is 0.0357. The number of hydrogen-bond donors (Lipinski definition) is 4. The van der Waals surface area contributed by atoms with Crippen molar-refractivity contribution in [2.24, 2.45) is 13.0 Å². The van der Waals surface area contributed by atoms with Gasteiger partial charge in [-0.05, 0) is 68.5 Å². The summed E-state index contributed by atoms with van der Waals surface area (Å²) in [4.78, 5) is 70.4. The molecular weight excluding hydrogens is 1140 g/mol. The molecular formula is C59H77ClN10O14S. The van der Waals surface area contributed by atoms with Gasteiger partial charge in [-0.25, -0.2) is 9.97 Å². The number of hydrogen-bond acceptors (Lipinski definition) is 21. The summed E-state index contributed by atoms with van der Waals surface area (Å²) in [5.41, 5.74) is 6.06. The van der Waals surface area contributed by atoms with E-state index in [9.17, 15) is 24.3 Å². The first-order chi connectivity index (χ1) is 41.2. The van der Waals surface area contributed by atoms with E-state index in [1.165, 1.54) is 27.9 Å². The van der Waals surface area contributed by atoms with Gasteiger partial charge in [0.05, 0.1) is 118 Å². The van der Waals surface area contributed by atoms with Gasteiger partial charge in [0.2, 0.25) is 17.8 Å². The third-order valence-electron chi connectivity index (χ3n) is 14.4. The van der Waals surface area contributed by atoms with Crippen LogP contribution < -0.4 is 35.9 Å². The van der Waals surface area contributed by atoms with Gasteiger partial charge in [-0.3, -0.25) is 19.2 Å². The molecule has 2 aromatic carbocycles. The predicted molar refractivity (Wildman–Crippen MR) is 319 cm³/mol. The number of aliphatic hydroxyl groups is 1. The average molecular weight is 1220 g/mol. The summed E-state index contributed by atoms with van der Waals surface area (Å²) in [6.45, 7) is 13.6. The maximum atomic E-state index is 13.9. The van der Waals surface area contributed by atoms with Crippen molar-refractivity contribution < 1.29 is 61.9 Å². The van der Waals surface area contributed by atoms with Gasteiger partial charge in [0, 0.05) is 69.4 Å². The number of halogens is 1. The van der Waals surface area contributed by atoms with Gasteiger partial charge in [0.25, 0.3) is 11.5 Å². The minimum atomic E-state index is -0.857. The van der Waals surface area contributed by atoms with Crippen LogP contribution >= 0.6 is 22.9 Å². The zero-order chi connectivity index (χ0) is 60.2. The van der Waals surface area contributed by atoms with E-state index in [4.69, 9.17) is 59.0 Å². The maximum Gasteiger partial charge on any atom is 0.293 e. The number of pyridine rings is 1. The number of aryl methyl sites for hydroxylation is 3. The topological polar surface area (TPSA) is 275 Å². The molecule has 24 nitrogen and oxygen atoms in total. The third-order valence-corrected chi connectivity index (χ3v) is 15.6. The molecule has 4 N–H and O–H groups in total. The molecule has 3 amide bonds. The summed E-state index contributed by atoms with van der Waals surface area (Å²) >= 11 is 8.06. The minimum Gasteiger partial charge on any atom is -0.491 e. The van der Waals surface area contributed by atoms with Crippen LogP contribution in [-0.2, 0) is 56.4 Å². The Bertz CT molecular complexity index is 3210. The highest BCUT2D eigenvalue weighted by Gasteiger charge is 2.43. The van der Waals surface area contributed by atoms with Gasteiger partial charge >= 0.3 is 0 Å². The first-order valence-electron chi connectivity index (χ1n) is 28.5. The Morgan fingerprint density at radius 1 is 0.847 bits per heavy atom. The number of nitrogens with zero attached hydrogens (tertiary/aromatic N) is 7. The van der Waals surface area contributed by atoms with Gasteiger partial charge in [-0.15, -0.1) is 11.3 Å². The standard InChI is InChI=1S/C59H77ClN10O14S/c1-37(2)53(50-27-38(3)67-84-50)58(75)70-34-44(71)31-48(70)56(73)62-32-41-8-7-40(54-39(4)64-36-85-54)29-49(41)82-26-24-80-22-20-78-18-16-76-15-17-77-19-21-79-23-25-81-45-11-13-69(14-12-45)59-63-33-46(60)55(66-59)65-43-9-10-47-42(28-43)30-51(57(74)68(47)6)83-35-52(72)61-5/h7-10,27-30,33,36-37,44-45,48,53,71H,11-26,31-32,34-35H2,1-6H3,(H,61,72)(H,62,73)(H,63,65,66)/t44-,48+,53?/m1/s1. The SMILES string of the molecule is CNC(=O)COc1cc2cc(Nc3nc(N4CCC(OCCOCCOCCOCCOCCOCCOc5cc(-c6scnc6C)ccc5CNC(=O)[C@@H]5C[C@@H](O)CN5C(=O)C(c5cc(C)no5)C(C)C)CC4)ncc3Cl)ccc2n(C)c1=O. The molecule has 1 unspecified atom stereocenters. The number of benzene rings is 2. The number of anilines is 3. The average Bonchev–Trinajstić information content (AvgIpc) is 2.97. The second-order valence-electron chi connectivity index (χ2n) is 20.9. The number of ether oxygens (including phenoxy) is 8. The van der Waals surface area contributed by atoms with E-state index >= 15 is 0 Å². The second kappa shape index (κ2) is 32.1. The van der Waals surface area contributed by atoms with E-state index in [0.29, 0.717) is 131 Å². The maximum absolute atomic E-state index is 13.9. The number of carbonyl (C=O) groups excluding carboxylic acids is 3. The number of nitrogens with one attached hydrogen (secondary N) is 3. The molecule has 0 saturated carbocycles. The monoisotopic (exact) mass is 1220 g/mol. The van der Waals surface area contributed by atoms with E-state index < -0.39 is 18.1 Å². The van der Waals surface area contributed by atoms with Crippen molar-refractivity contribution in [3.05, 3.63) is 98.3 Å². The molecule has 2 saturated heterocycles. The van der Waals surface area contributed by atoms with E-state index in [1.807, 2.05) is 57.2 Å². The number of fused-ring (bicyclic) bond motifs is 1. The summed E-state index contributed by atoms with van der Waals surface area (Å²) in [5.74, 6) is 0.288. The number of carbonyl (C=O) groups is 3. The number of piperidine rings is 1. The minimum absolute atomic E-state index is 0.0447. The van der Waals surface area contributed by atoms with Crippen LogP contribution in [0.1, 0.15) is 61.7 Å². The van der Waals surface area contributed by atoms with Crippen LogP contribution in [0.15, 0.2) is 69.6 Å². The molecule has 8 rings (SSSR count). The van der Waals surface area contributed by atoms with Gasteiger partial charge in [-0.1, -0.05) is 42.7 Å². The number of β-amino-alcohol motifs (C(OH)–C–C–N with tert-alkyl or cyclic N) is 1. The summed E-state index contributed by atoms with van der Waals surface area (Å²) in [6, 6.07) is 13.8. The van der Waals surface area contributed by atoms with Crippen molar-refractivity contribution in [2.45, 2.75) is 77.7 Å². The van der Waals surface area contributed by atoms with Crippen LogP contribution in [0.3, 0.4) is 0 Å². The van der Waals surface area contributed by atoms with Crippen molar-refractivity contribution in [3.8, 4) is 21.9 Å². The molecule has 0 bridgehead atoms. The van der Waals surface area contributed by atoms with Crippen molar-refractivity contribution in [2.75, 3.05) is 123 Å². The van der Waals surface area contributed by atoms with E-state index in [1.54, 1.807) is 37.8 Å². The van der Waals surface area contributed by atoms with Gasteiger partial charge < -0.3 is 77.8 Å². The molecule has 0 aliphatic carbocycles. The van der Waals surface area contributed by atoms with E-state index in [0.717, 1.165) is 39.9 Å². The van der Waals surface area contributed by atoms with Crippen molar-refractivity contribution in [1.29, 1.82) is 0 Å². The molecule has 4 aromatic heterocycles. The zero-order valence-corrected chi connectivity index (χ0v) is 50.5. The summed E-state index contributed by atoms with van der Waals surface area (Å²) in [7, 11) is 3.15. The molecule has 2 aliphatic heterocycles. The van der Waals surface area contributed by atoms with Gasteiger partial charge in [0.15, 0.2) is 18.2 Å². The van der Waals surface area contributed by atoms with Gasteiger partial charge in [0.1, 0.15) is 35.1 Å². The first-order valence-corrected chi connectivity index (χ1v) is 29.8. The molecule has 6 heterocycles. The van der Waals surface area contributed by atoms with Crippen molar-refractivity contribution in [1.82, 2.24) is 40.2 Å². The normalized spacial score (nSPS) is 15.9. The molecule has 85 heavy (non-hydrogen) atoms. The fourth-order valence-electron chi connectivity index (χ4n) is 9.88. The lowest BCUT2D eigenvalue weighted by molar-refractivity contribution is -0.141. The van der Waals surface area contributed by atoms with Crippen LogP contribution in [0.4, 0.5) is 17.5 Å². The number of aliphatic hydroxyl groups excluding tert-OH is 1. The fourth-order valence-corrected chi connectivity index (χ4v) is 10.8.